The largest absolute Gasteiger partial charge is 0.469 e. The van der Waals surface area contributed by atoms with Crippen molar-refractivity contribution in [2.45, 2.75) is 29.7 Å². The van der Waals surface area contributed by atoms with E-state index in [1.54, 1.807) is 25.1 Å². The summed E-state index contributed by atoms with van der Waals surface area (Å²) in [4.78, 5) is 67.8. The summed E-state index contributed by atoms with van der Waals surface area (Å²) in [5.41, 5.74) is 1.22. The molecular formula is C33H25N3O7S2. The number of amides is 3. The standard InChI is InChI=1S/C33H25N3O7S2/c1-2-42-32(40)19-10-13-22(14-11-19)36-29(38)26-25(23-8-5-15-43-23)28-31(44-27(26)30(36)39)35(33(41)45-28)17-24(37)34-21-12-9-18-6-3-4-7-20(18)16-21/h3-16,25-27H,2,17H2,1H3,(H,34,37)/t25-,26?,27?/m1/s1. The van der Waals surface area contributed by atoms with Crippen molar-refractivity contribution >= 4 is 68.9 Å². The first-order valence-electron chi connectivity index (χ1n) is 14.2. The SMILES string of the molecule is CCOC(=O)c1ccc(N2C(=O)C3Sc4c(sc(=O)n4CC(=O)Nc4ccc5ccccc5c4)[C@H](c4ccco4)C3C2=O)cc1. The monoisotopic (exact) mass is 639 g/mol. The molecule has 0 spiro atoms. The molecule has 12 heteroatoms. The molecule has 2 aliphatic rings. The molecule has 3 atom stereocenters. The Morgan fingerprint density at radius 3 is 2.44 bits per heavy atom. The number of furan rings is 1. The third kappa shape index (κ3) is 5.05. The Balaban J connectivity index is 1.20. The summed E-state index contributed by atoms with van der Waals surface area (Å²) >= 11 is 2.06. The molecular weight excluding hydrogens is 615 g/mol. The number of hydrogen-bond donors (Lipinski definition) is 1. The number of imide groups is 1. The highest BCUT2D eigenvalue weighted by Gasteiger charge is 2.57. The summed E-state index contributed by atoms with van der Waals surface area (Å²) < 4.78 is 12.1. The zero-order valence-electron chi connectivity index (χ0n) is 23.8. The van der Waals surface area contributed by atoms with Gasteiger partial charge in [0.25, 0.3) is 0 Å². The lowest BCUT2D eigenvalue weighted by atomic mass is 9.87. The second-order valence-electron chi connectivity index (χ2n) is 10.6. The Labute approximate surface area is 264 Å². The maximum atomic E-state index is 14.0. The summed E-state index contributed by atoms with van der Waals surface area (Å²) in [5, 5.41) is 4.47. The van der Waals surface area contributed by atoms with Gasteiger partial charge in [0.2, 0.25) is 17.7 Å². The molecule has 10 nitrogen and oxygen atoms in total. The van der Waals surface area contributed by atoms with Crippen LogP contribution in [0.5, 0.6) is 0 Å². The molecule has 7 rings (SSSR count). The van der Waals surface area contributed by atoms with Gasteiger partial charge in [0.05, 0.1) is 45.9 Å². The van der Waals surface area contributed by atoms with E-state index in [9.17, 15) is 24.0 Å². The van der Waals surface area contributed by atoms with Gasteiger partial charge in [-0.15, -0.1) is 0 Å². The van der Waals surface area contributed by atoms with Gasteiger partial charge >= 0.3 is 10.8 Å². The van der Waals surface area contributed by atoms with E-state index >= 15 is 0 Å². The fraction of sp³-hybridized carbons (Fsp3) is 0.182. The van der Waals surface area contributed by atoms with Crippen molar-refractivity contribution in [2.24, 2.45) is 5.92 Å². The van der Waals surface area contributed by atoms with Crippen LogP contribution in [0, 0.1) is 5.92 Å². The number of ether oxygens (including phenoxy) is 1. The molecule has 3 aromatic carbocycles. The lowest BCUT2D eigenvalue weighted by molar-refractivity contribution is -0.122. The number of carbonyl (C=O) groups is 4. The van der Waals surface area contributed by atoms with Gasteiger partial charge in [-0.3, -0.25) is 23.7 Å². The second-order valence-corrected chi connectivity index (χ2v) is 12.7. The molecule has 5 aromatic rings. The van der Waals surface area contributed by atoms with Crippen LogP contribution in [-0.4, -0.2) is 40.1 Å². The van der Waals surface area contributed by atoms with Crippen LogP contribution in [0.4, 0.5) is 11.4 Å². The third-order valence-corrected chi connectivity index (χ3v) is 10.5. The number of nitrogens with one attached hydrogen (secondary N) is 1. The highest BCUT2D eigenvalue weighted by Crippen LogP contribution is 2.54. The van der Waals surface area contributed by atoms with E-state index in [0.717, 1.165) is 38.8 Å². The maximum Gasteiger partial charge on any atom is 0.338 e. The van der Waals surface area contributed by atoms with Crippen molar-refractivity contribution in [1.29, 1.82) is 0 Å². The van der Waals surface area contributed by atoms with E-state index in [1.165, 1.54) is 35.1 Å². The molecule has 3 amide bonds. The zero-order chi connectivity index (χ0) is 31.2. The minimum Gasteiger partial charge on any atom is -0.469 e. The fourth-order valence-corrected chi connectivity index (χ4v) is 8.61. The Morgan fingerprint density at radius 2 is 1.71 bits per heavy atom. The minimum absolute atomic E-state index is 0.221. The van der Waals surface area contributed by atoms with Crippen LogP contribution < -0.4 is 15.1 Å². The summed E-state index contributed by atoms with van der Waals surface area (Å²) in [6.07, 6.45) is 1.48. The van der Waals surface area contributed by atoms with Crippen LogP contribution in [0.2, 0.25) is 0 Å². The van der Waals surface area contributed by atoms with Crippen LogP contribution in [0.25, 0.3) is 10.8 Å². The summed E-state index contributed by atoms with van der Waals surface area (Å²) in [7, 11) is 0. The predicted molar refractivity (Wildman–Crippen MR) is 170 cm³/mol. The lowest BCUT2D eigenvalue weighted by Gasteiger charge is -2.29. The fourth-order valence-electron chi connectivity index (χ4n) is 5.86. The minimum atomic E-state index is -0.867. The average molecular weight is 640 g/mol. The Bertz CT molecular complexity index is 2030. The second kappa shape index (κ2) is 11.5. The number of carbonyl (C=O) groups excluding carboxylic acids is 4. The quantitative estimate of drug-likeness (QED) is 0.189. The Morgan fingerprint density at radius 1 is 0.933 bits per heavy atom. The van der Waals surface area contributed by atoms with Crippen LogP contribution in [0.15, 0.2) is 99.4 Å². The topological polar surface area (TPSA) is 128 Å². The number of benzene rings is 3. The number of nitrogens with zero attached hydrogens (tertiary/aromatic N) is 2. The Hall–Kier alpha value is -4.94. The van der Waals surface area contributed by atoms with Crippen molar-refractivity contribution < 1.29 is 28.3 Å². The van der Waals surface area contributed by atoms with Crippen LogP contribution in [0.1, 0.15) is 33.8 Å². The van der Waals surface area contributed by atoms with E-state index < -0.39 is 40.8 Å². The maximum absolute atomic E-state index is 14.0. The molecule has 2 aromatic heterocycles. The van der Waals surface area contributed by atoms with Crippen LogP contribution >= 0.6 is 23.1 Å². The van der Waals surface area contributed by atoms with Crippen molar-refractivity contribution in [3.05, 3.63) is 111 Å². The third-order valence-electron chi connectivity index (χ3n) is 7.87. The molecule has 226 valence electrons. The highest BCUT2D eigenvalue weighted by molar-refractivity contribution is 8.00. The Kier molecular flexibility index (Phi) is 7.38. The molecule has 45 heavy (non-hydrogen) atoms. The van der Waals surface area contributed by atoms with E-state index in [2.05, 4.69) is 5.32 Å². The van der Waals surface area contributed by atoms with E-state index in [4.69, 9.17) is 9.15 Å². The van der Waals surface area contributed by atoms with Crippen molar-refractivity contribution in [1.82, 2.24) is 4.57 Å². The number of hydrogen-bond acceptors (Lipinski definition) is 9. The summed E-state index contributed by atoms with van der Waals surface area (Å²) in [6, 6.07) is 22.9. The van der Waals surface area contributed by atoms with Gasteiger partial charge in [-0.25, -0.2) is 9.69 Å². The van der Waals surface area contributed by atoms with Gasteiger partial charge in [-0.05, 0) is 66.2 Å². The summed E-state index contributed by atoms with van der Waals surface area (Å²) in [5.74, 6) is -2.89. The molecule has 1 saturated heterocycles. The molecule has 1 fully saturated rings. The van der Waals surface area contributed by atoms with Crippen LogP contribution in [-0.2, 0) is 25.7 Å². The zero-order valence-corrected chi connectivity index (χ0v) is 25.4. The van der Waals surface area contributed by atoms with Gasteiger partial charge in [0.15, 0.2) is 0 Å². The molecule has 2 aliphatic heterocycles. The van der Waals surface area contributed by atoms with Gasteiger partial charge < -0.3 is 14.5 Å². The van der Waals surface area contributed by atoms with Crippen molar-refractivity contribution in [3.63, 3.8) is 0 Å². The first-order chi connectivity index (χ1) is 21.8. The molecule has 4 heterocycles. The van der Waals surface area contributed by atoms with Gasteiger partial charge in [0.1, 0.15) is 17.6 Å². The number of fused-ring (bicyclic) bond motifs is 3. The number of esters is 1. The number of rotatable bonds is 7. The van der Waals surface area contributed by atoms with Gasteiger partial charge in [-0.2, -0.15) is 0 Å². The van der Waals surface area contributed by atoms with Crippen molar-refractivity contribution in [2.75, 3.05) is 16.8 Å². The molecule has 0 saturated carbocycles. The van der Waals surface area contributed by atoms with E-state index in [1.807, 2.05) is 36.4 Å². The molecule has 2 unspecified atom stereocenters. The van der Waals surface area contributed by atoms with Gasteiger partial charge in [0, 0.05) is 5.69 Å². The molecule has 0 bridgehead atoms. The number of thioether (sulfide) groups is 1. The molecule has 0 aliphatic carbocycles. The van der Waals surface area contributed by atoms with Gasteiger partial charge in [-0.1, -0.05) is 53.4 Å². The average Bonchev–Trinajstić information content (AvgIpc) is 3.74. The lowest BCUT2D eigenvalue weighted by Crippen LogP contribution is -2.32. The molecule has 0 radical (unpaired) electrons. The number of anilines is 2. The van der Waals surface area contributed by atoms with Crippen molar-refractivity contribution in [3.8, 4) is 0 Å². The smallest absolute Gasteiger partial charge is 0.338 e. The number of thiazole rings is 1. The van der Waals surface area contributed by atoms with E-state index in [0.29, 0.717) is 32.6 Å². The molecule has 1 N–H and O–H groups in total. The number of aromatic nitrogens is 1. The highest BCUT2D eigenvalue weighted by atomic mass is 32.2. The summed E-state index contributed by atoms with van der Waals surface area (Å²) in [6.45, 7) is 1.66. The normalized spacial score (nSPS) is 19.0. The first kappa shape index (κ1) is 28.8. The predicted octanol–water partition coefficient (Wildman–Crippen LogP) is 5.27. The van der Waals surface area contributed by atoms with Crippen LogP contribution in [0.3, 0.4) is 0 Å². The first-order valence-corrected chi connectivity index (χ1v) is 15.9. The van der Waals surface area contributed by atoms with E-state index in [-0.39, 0.29) is 18.0 Å².